The lowest BCUT2D eigenvalue weighted by Crippen LogP contribution is -2.28. The predicted octanol–water partition coefficient (Wildman–Crippen LogP) is 4.09. The minimum Gasteiger partial charge on any atom is -0.406 e. The van der Waals surface area contributed by atoms with Gasteiger partial charge in [-0.1, -0.05) is 0 Å². The number of nitrogens with zero attached hydrogens (tertiary/aromatic N) is 1. The van der Waals surface area contributed by atoms with Gasteiger partial charge in [-0.05, 0) is 61.4 Å². The second-order valence-electron chi connectivity index (χ2n) is 6.79. The van der Waals surface area contributed by atoms with Crippen molar-refractivity contribution in [3.8, 4) is 11.5 Å². The maximum absolute atomic E-state index is 12.5. The van der Waals surface area contributed by atoms with Gasteiger partial charge in [0.05, 0.1) is 5.71 Å². The van der Waals surface area contributed by atoms with E-state index in [0.717, 1.165) is 24.3 Å². The van der Waals surface area contributed by atoms with E-state index in [-0.39, 0.29) is 28.7 Å². The van der Waals surface area contributed by atoms with Gasteiger partial charge in [-0.2, -0.15) is 26.7 Å². The number of alkyl halides is 6. The van der Waals surface area contributed by atoms with E-state index >= 15 is 0 Å². The van der Waals surface area contributed by atoms with E-state index in [2.05, 4.69) is 19.4 Å². The van der Waals surface area contributed by atoms with Gasteiger partial charge >= 0.3 is 22.0 Å². The molecular weight excluding hydrogens is 482 g/mol. The third-order valence-electron chi connectivity index (χ3n) is 4.20. The Morgan fingerprint density at radius 3 is 1.79 bits per heavy atom. The first-order valence-electron chi connectivity index (χ1n) is 9.10. The molecule has 0 bridgehead atoms. The average Bonchev–Trinajstić information content (AvgIpc) is 3.53. The molecule has 3 rings (SSSR count). The Hall–Kier alpha value is -3.29. The SMILES string of the molecule is O=C(NN=C(c1ccc(OC(F)(F)F)cc1)c1ccc(OS(=O)(=O)C(F)(F)F)cc1)C1CC1. The minimum atomic E-state index is -5.87. The van der Waals surface area contributed by atoms with Crippen molar-refractivity contribution in [3.63, 3.8) is 0 Å². The molecular formula is C19H14F6N2O5S. The first kappa shape index (κ1) is 24.4. The van der Waals surface area contributed by atoms with Crippen LogP contribution in [0.1, 0.15) is 24.0 Å². The summed E-state index contributed by atoms with van der Waals surface area (Å²) in [6.07, 6.45) is -3.54. The highest BCUT2D eigenvalue weighted by molar-refractivity contribution is 7.88. The number of hydrazone groups is 1. The van der Waals surface area contributed by atoms with Gasteiger partial charge in [0.25, 0.3) is 0 Å². The van der Waals surface area contributed by atoms with Crippen LogP contribution in [0.25, 0.3) is 0 Å². The number of halogens is 6. The molecule has 1 saturated carbocycles. The first-order chi connectivity index (χ1) is 15.2. The Morgan fingerprint density at radius 2 is 1.36 bits per heavy atom. The number of nitrogens with one attached hydrogen (secondary N) is 1. The van der Waals surface area contributed by atoms with Crippen LogP contribution in [0.2, 0.25) is 0 Å². The van der Waals surface area contributed by atoms with Crippen LogP contribution in [0, 0.1) is 5.92 Å². The molecule has 0 heterocycles. The molecule has 7 nitrogen and oxygen atoms in total. The molecule has 0 atom stereocenters. The van der Waals surface area contributed by atoms with Crippen LogP contribution in [-0.2, 0) is 14.9 Å². The van der Waals surface area contributed by atoms with Crippen molar-refractivity contribution >= 4 is 21.7 Å². The van der Waals surface area contributed by atoms with Crippen molar-refractivity contribution in [3.05, 3.63) is 59.7 Å². The van der Waals surface area contributed by atoms with Gasteiger partial charge in [-0.25, -0.2) is 5.43 Å². The van der Waals surface area contributed by atoms with Crippen molar-refractivity contribution in [1.29, 1.82) is 0 Å². The molecule has 1 fully saturated rings. The number of benzene rings is 2. The fourth-order valence-corrected chi connectivity index (χ4v) is 2.96. The zero-order chi connectivity index (χ0) is 24.4. The second-order valence-corrected chi connectivity index (χ2v) is 8.33. The number of carbonyl (C=O) groups is 1. The lowest BCUT2D eigenvalue weighted by Gasteiger charge is -2.12. The van der Waals surface area contributed by atoms with Gasteiger partial charge in [-0.3, -0.25) is 4.79 Å². The molecule has 1 aliphatic carbocycles. The van der Waals surface area contributed by atoms with Crippen molar-refractivity contribution in [2.24, 2.45) is 11.0 Å². The fraction of sp³-hybridized carbons (Fsp3) is 0.263. The summed E-state index contributed by atoms with van der Waals surface area (Å²) in [5.74, 6) is -1.72. The number of rotatable bonds is 7. The van der Waals surface area contributed by atoms with Gasteiger partial charge in [-0.15, -0.1) is 13.2 Å². The largest absolute Gasteiger partial charge is 0.573 e. The van der Waals surface area contributed by atoms with Gasteiger partial charge in [0.2, 0.25) is 5.91 Å². The maximum atomic E-state index is 12.5. The van der Waals surface area contributed by atoms with Gasteiger partial charge in [0, 0.05) is 17.0 Å². The number of carbonyl (C=O) groups excluding carboxylic acids is 1. The molecule has 178 valence electrons. The Balaban J connectivity index is 1.88. The van der Waals surface area contributed by atoms with Crippen LogP contribution in [0.3, 0.4) is 0 Å². The van der Waals surface area contributed by atoms with E-state index in [9.17, 15) is 39.6 Å². The molecule has 0 aromatic heterocycles. The molecule has 0 unspecified atom stereocenters. The maximum Gasteiger partial charge on any atom is 0.573 e. The lowest BCUT2D eigenvalue weighted by atomic mass is 10.0. The highest BCUT2D eigenvalue weighted by atomic mass is 32.2. The van der Waals surface area contributed by atoms with E-state index in [1.807, 2.05) is 0 Å². The first-order valence-corrected chi connectivity index (χ1v) is 10.5. The summed E-state index contributed by atoms with van der Waals surface area (Å²) in [4.78, 5) is 11.9. The third kappa shape index (κ3) is 6.60. The molecule has 1 N–H and O–H groups in total. The van der Waals surface area contributed by atoms with Crippen LogP contribution in [0.4, 0.5) is 26.3 Å². The lowest BCUT2D eigenvalue weighted by molar-refractivity contribution is -0.274. The molecule has 14 heteroatoms. The van der Waals surface area contributed by atoms with E-state index in [1.165, 1.54) is 24.3 Å². The molecule has 0 aliphatic heterocycles. The zero-order valence-corrected chi connectivity index (χ0v) is 17.1. The smallest absolute Gasteiger partial charge is 0.406 e. The van der Waals surface area contributed by atoms with Gasteiger partial charge < -0.3 is 8.92 Å². The topological polar surface area (TPSA) is 94.1 Å². The molecule has 2 aromatic carbocycles. The van der Waals surface area contributed by atoms with Gasteiger partial charge in [0.1, 0.15) is 11.5 Å². The highest BCUT2D eigenvalue weighted by Gasteiger charge is 2.48. The molecule has 0 spiro atoms. The molecule has 1 aliphatic rings. The average molecular weight is 496 g/mol. The number of amides is 1. The summed E-state index contributed by atoms with van der Waals surface area (Å²) in [7, 11) is -5.87. The third-order valence-corrected chi connectivity index (χ3v) is 5.18. The van der Waals surface area contributed by atoms with Crippen LogP contribution in [-0.4, -0.2) is 31.9 Å². The zero-order valence-electron chi connectivity index (χ0n) is 16.3. The Kier molecular flexibility index (Phi) is 6.58. The minimum absolute atomic E-state index is 0.0489. The van der Waals surface area contributed by atoms with Crippen molar-refractivity contribution in [1.82, 2.24) is 5.43 Å². The number of hydrogen-bond acceptors (Lipinski definition) is 6. The van der Waals surface area contributed by atoms with Crippen LogP contribution in [0.5, 0.6) is 11.5 Å². The second kappa shape index (κ2) is 8.92. The fourth-order valence-electron chi connectivity index (χ4n) is 2.50. The summed E-state index contributed by atoms with van der Waals surface area (Å²) in [6.45, 7) is 0. The Morgan fingerprint density at radius 1 is 0.879 bits per heavy atom. The summed E-state index contributed by atoms with van der Waals surface area (Å²) in [5, 5.41) is 3.99. The Labute approximate surface area is 183 Å². The quantitative estimate of drug-likeness (QED) is 0.205. The van der Waals surface area contributed by atoms with E-state index in [1.54, 1.807) is 0 Å². The van der Waals surface area contributed by atoms with Crippen molar-refractivity contribution < 1.29 is 48.5 Å². The molecule has 2 aromatic rings. The van der Waals surface area contributed by atoms with Crippen molar-refractivity contribution in [2.45, 2.75) is 24.7 Å². The summed E-state index contributed by atoms with van der Waals surface area (Å²) in [6, 6.07) is 8.66. The van der Waals surface area contributed by atoms with Gasteiger partial charge in [0.15, 0.2) is 0 Å². The molecule has 1 amide bonds. The van der Waals surface area contributed by atoms with Crippen LogP contribution < -0.4 is 14.3 Å². The summed E-state index contributed by atoms with van der Waals surface area (Å²) in [5.41, 5.74) is -2.81. The van der Waals surface area contributed by atoms with Crippen LogP contribution in [0.15, 0.2) is 53.6 Å². The predicted molar refractivity (Wildman–Crippen MR) is 102 cm³/mol. The Bertz CT molecular complexity index is 1140. The van der Waals surface area contributed by atoms with E-state index in [0.29, 0.717) is 12.8 Å². The summed E-state index contributed by atoms with van der Waals surface area (Å²) >= 11 is 0. The summed E-state index contributed by atoms with van der Waals surface area (Å²) < 4.78 is 105. The molecule has 33 heavy (non-hydrogen) atoms. The normalized spacial score (nSPS) is 15.2. The molecule has 0 radical (unpaired) electrons. The monoisotopic (exact) mass is 496 g/mol. The highest BCUT2D eigenvalue weighted by Crippen LogP contribution is 2.29. The number of hydrogen-bond donors (Lipinski definition) is 1. The van der Waals surface area contributed by atoms with Crippen LogP contribution >= 0.6 is 0 Å². The molecule has 0 saturated heterocycles. The van der Waals surface area contributed by atoms with E-state index < -0.39 is 33.5 Å². The number of ether oxygens (including phenoxy) is 1. The van der Waals surface area contributed by atoms with Crippen molar-refractivity contribution in [2.75, 3.05) is 0 Å². The standard InChI is InChI=1S/C19H14F6N2O5S/c20-18(21,22)31-14-7-3-11(4-8-14)16(26-27-17(28)13-1-2-13)12-5-9-15(10-6-12)32-33(29,30)19(23,24)25/h3-10,13H,1-2H2,(H,27,28). The van der Waals surface area contributed by atoms with E-state index in [4.69, 9.17) is 0 Å².